The van der Waals surface area contributed by atoms with E-state index in [4.69, 9.17) is 11.6 Å². The second kappa shape index (κ2) is 4.71. The first-order valence-corrected chi connectivity index (χ1v) is 6.71. The van der Waals surface area contributed by atoms with Crippen LogP contribution >= 0.6 is 11.6 Å². The van der Waals surface area contributed by atoms with Crippen molar-refractivity contribution in [2.75, 3.05) is 12.4 Å². The van der Waals surface area contributed by atoms with E-state index in [0.717, 1.165) is 12.8 Å². The summed E-state index contributed by atoms with van der Waals surface area (Å²) in [6.45, 7) is 0.599. The van der Waals surface area contributed by atoms with Gasteiger partial charge in [-0.25, -0.2) is 8.78 Å². The van der Waals surface area contributed by atoms with Crippen molar-refractivity contribution in [3.8, 4) is 0 Å². The molecule has 0 aromatic rings. The molecule has 2 aliphatic rings. The molecule has 2 rings (SSSR count). The molecule has 1 N–H and O–H groups in total. The molecule has 0 aliphatic heterocycles. The molecule has 98 valence electrons. The van der Waals surface area contributed by atoms with Gasteiger partial charge in [0.1, 0.15) is 0 Å². The van der Waals surface area contributed by atoms with Crippen molar-refractivity contribution < 1.29 is 13.6 Å². The number of alkyl halides is 3. The highest BCUT2D eigenvalue weighted by Crippen LogP contribution is 2.46. The minimum atomic E-state index is -2.56. The van der Waals surface area contributed by atoms with E-state index in [1.165, 1.54) is 0 Å². The van der Waals surface area contributed by atoms with Gasteiger partial charge >= 0.3 is 0 Å². The SMILES string of the molecule is O=C(NCC1(CCl)CC1)C1CCC(F)(F)CC1. The van der Waals surface area contributed by atoms with Crippen molar-refractivity contribution in [3.63, 3.8) is 0 Å². The topological polar surface area (TPSA) is 29.1 Å². The molecule has 0 radical (unpaired) electrons. The lowest BCUT2D eigenvalue weighted by atomic mass is 9.86. The average molecular weight is 266 g/mol. The Bertz CT molecular complexity index is 295. The molecule has 1 amide bonds. The number of nitrogens with one attached hydrogen (secondary N) is 1. The quantitative estimate of drug-likeness (QED) is 0.778. The minimum Gasteiger partial charge on any atom is -0.355 e. The zero-order valence-electron chi connectivity index (χ0n) is 9.78. The number of halogens is 3. The molecule has 2 saturated carbocycles. The van der Waals surface area contributed by atoms with Crippen LogP contribution in [0.15, 0.2) is 0 Å². The molecule has 0 saturated heterocycles. The van der Waals surface area contributed by atoms with Crippen molar-refractivity contribution in [2.45, 2.75) is 44.4 Å². The zero-order valence-corrected chi connectivity index (χ0v) is 10.5. The van der Waals surface area contributed by atoms with E-state index in [0.29, 0.717) is 25.3 Å². The molecule has 0 atom stereocenters. The Balaban J connectivity index is 1.74. The molecule has 5 heteroatoms. The van der Waals surface area contributed by atoms with Crippen molar-refractivity contribution in [3.05, 3.63) is 0 Å². The summed E-state index contributed by atoms with van der Waals surface area (Å²) in [5.74, 6) is -2.31. The summed E-state index contributed by atoms with van der Waals surface area (Å²) in [5, 5.41) is 2.87. The molecule has 0 aromatic carbocycles. The maximum Gasteiger partial charge on any atom is 0.248 e. The van der Waals surface area contributed by atoms with E-state index in [-0.39, 0.29) is 30.1 Å². The molecule has 0 aromatic heterocycles. The third kappa shape index (κ3) is 3.30. The summed E-state index contributed by atoms with van der Waals surface area (Å²) in [4.78, 5) is 11.8. The van der Waals surface area contributed by atoms with Gasteiger partial charge < -0.3 is 5.32 Å². The predicted molar refractivity (Wildman–Crippen MR) is 62.3 cm³/mol. The molecule has 2 aliphatic carbocycles. The standard InChI is InChI=1S/C12H18ClF2NO/c13-7-11(5-6-11)8-16-10(17)9-1-3-12(14,15)4-2-9/h9H,1-8H2,(H,16,17). The van der Waals surface area contributed by atoms with E-state index in [9.17, 15) is 13.6 Å². The summed E-state index contributed by atoms with van der Waals surface area (Å²) in [6.07, 6.45) is 2.38. The maximum atomic E-state index is 12.9. The minimum absolute atomic E-state index is 0.0723. The second-order valence-corrected chi connectivity index (χ2v) is 5.75. The fraction of sp³-hybridized carbons (Fsp3) is 0.917. The van der Waals surface area contributed by atoms with Crippen molar-refractivity contribution >= 4 is 17.5 Å². The Kier molecular flexibility index (Phi) is 3.62. The molecule has 0 bridgehead atoms. The van der Waals surface area contributed by atoms with Crippen LogP contribution in [0.25, 0.3) is 0 Å². The summed E-state index contributed by atoms with van der Waals surface area (Å²) in [7, 11) is 0. The lowest BCUT2D eigenvalue weighted by Crippen LogP contribution is -2.38. The van der Waals surface area contributed by atoms with Crippen LogP contribution in [0.4, 0.5) is 8.78 Å². The molecule has 2 fully saturated rings. The smallest absolute Gasteiger partial charge is 0.248 e. The van der Waals surface area contributed by atoms with Crippen LogP contribution in [-0.2, 0) is 4.79 Å². The monoisotopic (exact) mass is 265 g/mol. The van der Waals surface area contributed by atoms with Crippen LogP contribution in [0.5, 0.6) is 0 Å². The number of carbonyl (C=O) groups is 1. The fourth-order valence-corrected chi connectivity index (χ4v) is 2.62. The van der Waals surface area contributed by atoms with E-state index < -0.39 is 5.92 Å². The Hall–Kier alpha value is -0.380. The van der Waals surface area contributed by atoms with E-state index >= 15 is 0 Å². The summed E-state index contributed by atoms with van der Waals surface area (Å²) in [6, 6.07) is 0. The number of hydrogen-bond donors (Lipinski definition) is 1. The third-order valence-electron chi connectivity index (χ3n) is 3.97. The van der Waals surface area contributed by atoms with Crippen molar-refractivity contribution in [1.82, 2.24) is 5.32 Å². The van der Waals surface area contributed by atoms with Gasteiger partial charge in [0, 0.05) is 36.6 Å². The zero-order chi connectivity index (χ0) is 12.5. The van der Waals surface area contributed by atoms with Crippen molar-refractivity contribution in [1.29, 1.82) is 0 Å². The van der Waals surface area contributed by atoms with E-state index in [2.05, 4.69) is 5.32 Å². The number of amides is 1. The highest BCUT2D eigenvalue weighted by molar-refractivity contribution is 6.18. The van der Waals surface area contributed by atoms with Gasteiger partial charge in [-0.1, -0.05) is 0 Å². The fourth-order valence-electron chi connectivity index (χ4n) is 2.26. The van der Waals surface area contributed by atoms with Crippen LogP contribution < -0.4 is 5.32 Å². The van der Waals surface area contributed by atoms with Crippen LogP contribution in [0.2, 0.25) is 0 Å². The maximum absolute atomic E-state index is 12.9. The van der Waals surface area contributed by atoms with Crippen molar-refractivity contribution in [2.24, 2.45) is 11.3 Å². The lowest BCUT2D eigenvalue weighted by molar-refractivity contribution is -0.129. The number of rotatable bonds is 4. The van der Waals surface area contributed by atoms with Crippen LogP contribution in [0, 0.1) is 11.3 Å². The highest BCUT2D eigenvalue weighted by atomic mass is 35.5. The largest absolute Gasteiger partial charge is 0.355 e. The third-order valence-corrected chi connectivity index (χ3v) is 4.53. The van der Waals surface area contributed by atoms with Crippen LogP contribution in [0.3, 0.4) is 0 Å². The average Bonchev–Trinajstić information content (AvgIpc) is 3.06. The molecule has 17 heavy (non-hydrogen) atoms. The van der Waals surface area contributed by atoms with Gasteiger partial charge in [-0.3, -0.25) is 4.79 Å². The Labute approximate surface area is 105 Å². The first-order chi connectivity index (χ1) is 7.96. The number of hydrogen-bond acceptors (Lipinski definition) is 1. The van der Waals surface area contributed by atoms with E-state index in [1.807, 2.05) is 0 Å². The predicted octanol–water partition coefficient (Wildman–Crippen LogP) is 2.95. The Morgan fingerprint density at radius 2 is 1.82 bits per heavy atom. The van der Waals surface area contributed by atoms with E-state index in [1.54, 1.807) is 0 Å². The first-order valence-electron chi connectivity index (χ1n) is 6.18. The highest BCUT2D eigenvalue weighted by Gasteiger charge is 2.43. The Morgan fingerprint density at radius 3 is 2.29 bits per heavy atom. The van der Waals surface area contributed by atoms with Gasteiger partial charge in [-0.15, -0.1) is 11.6 Å². The molecule has 0 unspecified atom stereocenters. The van der Waals surface area contributed by atoms with Gasteiger partial charge in [-0.2, -0.15) is 0 Å². The normalized spacial score (nSPS) is 26.5. The van der Waals surface area contributed by atoms with Gasteiger partial charge in [0.2, 0.25) is 11.8 Å². The summed E-state index contributed by atoms with van der Waals surface area (Å²) < 4.78 is 25.9. The van der Waals surface area contributed by atoms with Gasteiger partial charge in [-0.05, 0) is 25.7 Å². The van der Waals surface area contributed by atoms with Gasteiger partial charge in [0.05, 0.1) is 0 Å². The second-order valence-electron chi connectivity index (χ2n) is 5.48. The molecule has 0 spiro atoms. The Morgan fingerprint density at radius 1 is 1.24 bits per heavy atom. The van der Waals surface area contributed by atoms with Crippen LogP contribution in [-0.4, -0.2) is 24.3 Å². The molecular weight excluding hydrogens is 248 g/mol. The number of carbonyl (C=O) groups excluding carboxylic acids is 1. The van der Waals surface area contributed by atoms with Gasteiger partial charge in [0.15, 0.2) is 0 Å². The molecule has 2 nitrogen and oxygen atoms in total. The first kappa shape index (κ1) is 13.1. The molecule has 0 heterocycles. The molecular formula is C12H18ClF2NO. The lowest BCUT2D eigenvalue weighted by Gasteiger charge is -2.27. The van der Waals surface area contributed by atoms with Gasteiger partial charge in [0.25, 0.3) is 0 Å². The van der Waals surface area contributed by atoms with Crippen LogP contribution in [0.1, 0.15) is 38.5 Å². The summed E-state index contributed by atoms with van der Waals surface area (Å²) in [5.41, 5.74) is 0.0931. The summed E-state index contributed by atoms with van der Waals surface area (Å²) >= 11 is 5.81.